The maximum Gasteiger partial charge on any atom is 0.497 e. The van der Waals surface area contributed by atoms with Gasteiger partial charge in [-0.05, 0) is 45.9 Å². The summed E-state index contributed by atoms with van der Waals surface area (Å²) >= 11 is 0. The smallest absolute Gasteiger partial charge is 0.399 e. The van der Waals surface area contributed by atoms with Crippen LogP contribution in [0.2, 0.25) is 0 Å². The van der Waals surface area contributed by atoms with Crippen LogP contribution in [0.15, 0.2) is 42.6 Å². The minimum Gasteiger partial charge on any atom is -0.399 e. The van der Waals surface area contributed by atoms with Crippen molar-refractivity contribution in [1.29, 1.82) is 0 Å². The summed E-state index contributed by atoms with van der Waals surface area (Å²) in [5.74, 6) is -0.347. The lowest BCUT2D eigenvalue weighted by Crippen LogP contribution is -2.41. The zero-order valence-electron chi connectivity index (χ0n) is 13.3. The fraction of sp³-hybridized carbons (Fsp3) is 0.353. The number of nitrogens with zero attached hydrogens (tertiary/aromatic N) is 1. The van der Waals surface area contributed by atoms with E-state index in [0.717, 1.165) is 0 Å². The summed E-state index contributed by atoms with van der Waals surface area (Å²) in [5.41, 5.74) is 0.462. The van der Waals surface area contributed by atoms with Gasteiger partial charge in [-0.3, -0.25) is 4.98 Å². The van der Waals surface area contributed by atoms with Crippen molar-refractivity contribution in [3.05, 3.63) is 48.4 Å². The fourth-order valence-electron chi connectivity index (χ4n) is 2.42. The van der Waals surface area contributed by atoms with Crippen molar-refractivity contribution in [3.8, 4) is 11.3 Å². The largest absolute Gasteiger partial charge is 0.497 e. The molecule has 1 aromatic heterocycles. The second-order valence-corrected chi connectivity index (χ2v) is 6.51. The maximum absolute atomic E-state index is 14.9. The van der Waals surface area contributed by atoms with Crippen LogP contribution in [0.25, 0.3) is 11.3 Å². The third-order valence-corrected chi connectivity index (χ3v) is 4.48. The Balaban J connectivity index is 2.01. The summed E-state index contributed by atoms with van der Waals surface area (Å²) in [7, 11) is -0.714. The summed E-state index contributed by atoms with van der Waals surface area (Å²) in [6.07, 6.45) is 1.65. The molecule has 0 radical (unpaired) electrons. The number of rotatable bonds is 2. The van der Waals surface area contributed by atoms with E-state index in [4.69, 9.17) is 9.31 Å². The number of hydrogen-bond donors (Lipinski definition) is 0. The molecule has 2 aromatic rings. The number of hydrogen-bond acceptors (Lipinski definition) is 3. The molecule has 0 saturated carbocycles. The van der Waals surface area contributed by atoms with Crippen LogP contribution in [-0.2, 0) is 9.31 Å². The Labute approximate surface area is 130 Å². The summed E-state index contributed by atoms with van der Waals surface area (Å²) in [6, 6.07) is 10.6. The Hall–Kier alpha value is -1.72. The zero-order valence-corrected chi connectivity index (χ0v) is 13.3. The molecular formula is C17H19BFNO2. The Kier molecular flexibility index (Phi) is 3.58. The molecule has 0 aliphatic carbocycles. The monoisotopic (exact) mass is 299 g/mol. The normalized spacial score (nSPS) is 19.4. The van der Waals surface area contributed by atoms with Crippen molar-refractivity contribution >= 4 is 12.6 Å². The summed E-state index contributed by atoms with van der Waals surface area (Å²) in [6.45, 7) is 7.81. The lowest BCUT2D eigenvalue weighted by Gasteiger charge is -2.32. The van der Waals surface area contributed by atoms with Crippen LogP contribution in [0.5, 0.6) is 0 Å². The molecule has 22 heavy (non-hydrogen) atoms. The molecule has 1 aliphatic heterocycles. The van der Waals surface area contributed by atoms with Crippen molar-refractivity contribution in [3.63, 3.8) is 0 Å². The number of pyridine rings is 1. The van der Waals surface area contributed by atoms with E-state index in [2.05, 4.69) is 4.98 Å². The Bertz CT molecular complexity index is 672. The topological polar surface area (TPSA) is 31.4 Å². The highest BCUT2D eigenvalue weighted by molar-refractivity contribution is 6.62. The van der Waals surface area contributed by atoms with Crippen molar-refractivity contribution in [2.75, 3.05) is 0 Å². The van der Waals surface area contributed by atoms with E-state index in [9.17, 15) is 4.39 Å². The molecule has 0 amide bonds. The number of aromatic nitrogens is 1. The minimum absolute atomic E-state index is 0.347. The molecule has 1 saturated heterocycles. The van der Waals surface area contributed by atoms with Gasteiger partial charge in [-0.25, -0.2) is 4.39 Å². The first-order valence-electron chi connectivity index (χ1n) is 7.37. The highest BCUT2D eigenvalue weighted by Gasteiger charge is 2.52. The highest BCUT2D eigenvalue weighted by atomic mass is 19.1. The molecule has 5 heteroatoms. The van der Waals surface area contributed by atoms with Crippen LogP contribution in [-0.4, -0.2) is 23.3 Å². The van der Waals surface area contributed by atoms with Crippen molar-refractivity contribution in [1.82, 2.24) is 4.98 Å². The Morgan fingerprint density at radius 1 is 0.955 bits per heavy atom. The molecule has 1 fully saturated rings. The van der Waals surface area contributed by atoms with Crippen LogP contribution in [0, 0.1) is 5.82 Å². The second-order valence-electron chi connectivity index (χ2n) is 6.51. The van der Waals surface area contributed by atoms with Crippen LogP contribution >= 0.6 is 0 Å². The first-order chi connectivity index (χ1) is 10.3. The lowest BCUT2D eigenvalue weighted by molar-refractivity contribution is 0.00578. The van der Waals surface area contributed by atoms with Crippen LogP contribution in [0.3, 0.4) is 0 Å². The molecule has 0 unspecified atom stereocenters. The van der Waals surface area contributed by atoms with Crippen molar-refractivity contribution < 1.29 is 13.7 Å². The molecular weight excluding hydrogens is 280 g/mol. The molecule has 0 spiro atoms. The Morgan fingerprint density at radius 3 is 2.23 bits per heavy atom. The van der Waals surface area contributed by atoms with Gasteiger partial charge in [0.1, 0.15) is 5.82 Å². The third kappa shape index (κ3) is 2.44. The molecule has 0 atom stereocenters. The van der Waals surface area contributed by atoms with Crippen molar-refractivity contribution in [2.24, 2.45) is 0 Å². The molecule has 1 aromatic carbocycles. The SMILES string of the molecule is CC1(C)OB(c2cccc(-c3ccccn3)c2F)OC1(C)C. The lowest BCUT2D eigenvalue weighted by atomic mass is 9.77. The van der Waals surface area contributed by atoms with Gasteiger partial charge in [0.05, 0.1) is 16.9 Å². The van der Waals surface area contributed by atoms with Gasteiger partial charge in [0, 0.05) is 17.2 Å². The van der Waals surface area contributed by atoms with Gasteiger partial charge in [0.15, 0.2) is 0 Å². The van der Waals surface area contributed by atoms with Gasteiger partial charge in [-0.2, -0.15) is 0 Å². The summed E-state index contributed by atoms with van der Waals surface area (Å²) in [4.78, 5) is 4.21. The fourth-order valence-corrected chi connectivity index (χ4v) is 2.42. The van der Waals surface area contributed by atoms with Crippen molar-refractivity contribution in [2.45, 2.75) is 38.9 Å². The average Bonchev–Trinajstić information content (AvgIpc) is 2.68. The van der Waals surface area contributed by atoms with E-state index in [0.29, 0.717) is 16.7 Å². The standard InChI is InChI=1S/C17H19BFNO2/c1-16(2)17(3,4)22-18(21-16)13-9-7-8-12(15(13)19)14-10-5-6-11-20-14/h5-11H,1-4H3. The Morgan fingerprint density at radius 2 is 1.64 bits per heavy atom. The number of halogens is 1. The molecule has 3 nitrogen and oxygen atoms in total. The molecule has 0 bridgehead atoms. The van der Waals surface area contributed by atoms with Gasteiger partial charge < -0.3 is 9.31 Å². The van der Waals surface area contributed by atoms with Gasteiger partial charge in [-0.15, -0.1) is 0 Å². The minimum atomic E-state index is -0.714. The summed E-state index contributed by atoms with van der Waals surface area (Å²) in [5, 5.41) is 0. The first-order valence-corrected chi connectivity index (χ1v) is 7.37. The van der Waals surface area contributed by atoms with E-state index >= 15 is 0 Å². The predicted octanol–water partition coefficient (Wildman–Crippen LogP) is 3.19. The average molecular weight is 299 g/mol. The van der Waals surface area contributed by atoms with E-state index in [1.807, 2.05) is 33.8 Å². The number of benzene rings is 1. The van der Waals surface area contributed by atoms with Gasteiger partial charge in [0.25, 0.3) is 0 Å². The summed E-state index contributed by atoms with van der Waals surface area (Å²) < 4.78 is 26.8. The molecule has 2 heterocycles. The van der Waals surface area contributed by atoms with E-state index < -0.39 is 18.3 Å². The quantitative estimate of drug-likeness (QED) is 0.798. The highest BCUT2D eigenvalue weighted by Crippen LogP contribution is 2.37. The van der Waals surface area contributed by atoms with E-state index in [-0.39, 0.29) is 5.82 Å². The zero-order chi connectivity index (χ0) is 16.0. The molecule has 114 valence electrons. The second kappa shape index (κ2) is 5.18. The van der Waals surface area contributed by atoms with Gasteiger partial charge >= 0.3 is 7.12 Å². The predicted molar refractivity (Wildman–Crippen MR) is 85.3 cm³/mol. The third-order valence-electron chi connectivity index (χ3n) is 4.48. The van der Waals surface area contributed by atoms with E-state index in [1.165, 1.54) is 0 Å². The van der Waals surface area contributed by atoms with Crippen LogP contribution in [0.1, 0.15) is 27.7 Å². The molecule has 1 aliphatic rings. The molecule has 0 N–H and O–H groups in total. The van der Waals surface area contributed by atoms with Gasteiger partial charge in [-0.1, -0.05) is 18.2 Å². The molecule has 3 rings (SSSR count). The maximum atomic E-state index is 14.9. The van der Waals surface area contributed by atoms with Gasteiger partial charge in [0.2, 0.25) is 0 Å². The first kappa shape index (κ1) is 15.2. The van der Waals surface area contributed by atoms with E-state index in [1.54, 1.807) is 36.5 Å². The van der Waals surface area contributed by atoms with Crippen LogP contribution < -0.4 is 5.46 Å². The van der Waals surface area contributed by atoms with Crippen LogP contribution in [0.4, 0.5) is 4.39 Å².